The molecule has 0 aliphatic rings. The summed E-state index contributed by atoms with van der Waals surface area (Å²) in [6.45, 7) is 4.63. The number of aryl methyl sites for hydroxylation is 2. The Morgan fingerprint density at radius 1 is 1.27 bits per heavy atom. The lowest BCUT2D eigenvalue weighted by Crippen LogP contribution is -2.28. The molecule has 3 nitrogen and oxygen atoms in total. The Kier molecular flexibility index (Phi) is 4.59. The third-order valence-corrected chi connectivity index (χ3v) is 2.16. The Bertz CT molecular complexity index is 292. The molecule has 1 atom stereocenters. The Labute approximate surface area is 90.9 Å². The highest BCUT2D eigenvalue weighted by Crippen LogP contribution is 2.16. The normalized spacial score (nSPS) is 12.5. The largest absolute Gasteiger partial charge is 0.492 e. The number of hydrogen-bond acceptors (Lipinski definition) is 3. The lowest BCUT2D eigenvalue weighted by atomic mass is 10.1. The van der Waals surface area contributed by atoms with Crippen molar-refractivity contribution in [2.24, 2.45) is 5.73 Å². The van der Waals surface area contributed by atoms with E-state index in [1.807, 2.05) is 26.0 Å². The summed E-state index contributed by atoms with van der Waals surface area (Å²) in [6.07, 6.45) is 0.574. The Balaban J connectivity index is 2.50. The van der Waals surface area contributed by atoms with Gasteiger partial charge >= 0.3 is 0 Å². The van der Waals surface area contributed by atoms with E-state index in [4.69, 9.17) is 15.6 Å². The highest BCUT2D eigenvalue weighted by molar-refractivity contribution is 5.32. The van der Waals surface area contributed by atoms with Crippen LogP contribution in [-0.2, 0) is 0 Å². The SMILES string of the molecule is Cc1cc(C)cc(OCC(N)CCO)c1. The van der Waals surface area contributed by atoms with Gasteiger partial charge in [-0.15, -0.1) is 0 Å². The van der Waals surface area contributed by atoms with Crippen LogP contribution in [0.5, 0.6) is 5.75 Å². The third-order valence-electron chi connectivity index (χ3n) is 2.16. The fourth-order valence-corrected chi connectivity index (χ4v) is 1.47. The highest BCUT2D eigenvalue weighted by atomic mass is 16.5. The first-order valence-corrected chi connectivity index (χ1v) is 5.19. The van der Waals surface area contributed by atoms with Gasteiger partial charge in [-0.1, -0.05) is 6.07 Å². The first-order chi connectivity index (χ1) is 7.11. The number of aliphatic hydroxyl groups excluding tert-OH is 1. The summed E-state index contributed by atoms with van der Waals surface area (Å²) < 4.78 is 5.55. The van der Waals surface area contributed by atoms with Crippen LogP contribution in [0.2, 0.25) is 0 Å². The fourth-order valence-electron chi connectivity index (χ4n) is 1.47. The minimum absolute atomic E-state index is 0.101. The molecule has 0 bridgehead atoms. The Morgan fingerprint density at radius 3 is 2.40 bits per heavy atom. The van der Waals surface area contributed by atoms with Gasteiger partial charge < -0.3 is 15.6 Å². The van der Waals surface area contributed by atoms with Crippen LogP contribution in [0.3, 0.4) is 0 Å². The number of nitrogens with two attached hydrogens (primary N) is 1. The summed E-state index contributed by atoms with van der Waals surface area (Å²) >= 11 is 0. The van der Waals surface area contributed by atoms with Gasteiger partial charge in [0.1, 0.15) is 12.4 Å². The lowest BCUT2D eigenvalue weighted by Gasteiger charge is -2.12. The molecule has 3 heteroatoms. The summed E-state index contributed by atoms with van der Waals surface area (Å²) in [7, 11) is 0. The van der Waals surface area contributed by atoms with Crippen molar-refractivity contribution in [1.82, 2.24) is 0 Å². The highest BCUT2D eigenvalue weighted by Gasteiger charge is 2.03. The van der Waals surface area contributed by atoms with E-state index in [-0.39, 0.29) is 12.6 Å². The van der Waals surface area contributed by atoms with E-state index in [2.05, 4.69) is 6.07 Å². The van der Waals surface area contributed by atoms with Gasteiger partial charge in [-0.05, 0) is 43.5 Å². The second-order valence-corrected chi connectivity index (χ2v) is 3.91. The maximum atomic E-state index is 8.69. The smallest absolute Gasteiger partial charge is 0.119 e. The molecule has 0 saturated carbocycles. The molecular weight excluding hydrogens is 190 g/mol. The number of ether oxygens (including phenoxy) is 1. The first-order valence-electron chi connectivity index (χ1n) is 5.19. The molecule has 0 aromatic heterocycles. The van der Waals surface area contributed by atoms with Crippen LogP contribution in [0.25, 0.3) is 0 Å². The summed E-state index contributed by atoms with van der Waals surface area (Å²) in [5.41, 5.74) is 8.09. The van der Waals surface area contributed by atoms with Crippen molar-refractivity contribution in [1.29, 1.82) is 0 Å². The topological polar surface area (TPSA) is 55.5 Å². The molecule has 3 N–H and O–H groups in total. The van der Waals surface area contributed by atoms with E-state index in [0.717, 1.165) is 5.75 Å². The lowest BCUT2D eigenvalue weighted by molar-refractivity contribution is 0.233. The minimum Gasteiger partial charge on any atom is -0.492 e. The molecular formula is C12H19NO2. The van der Waals surface area contributed by atoms with E-state index >= 15 is 0 Å². The van der Waals surface area contributed by atoms with Crippen LogP contribution in [0.1, 0.15) is 17.5 Å². The van der Waals surface area contributed by atoms with Crippen LogP contribution in [0, 0.1) is 13.8 Å². The molecule has 0 radical (unpaired) electrons. The predicted molar refractivity (Wildman–Crippen MR) is 61.1 cm³/mol. The van der Waals surface area contributed by atoms with E-state index in [0.29, 0.717) is 13.0 Å². The number of benzene rings is 1. The van der Waals surface area contributed by atoms with E-state index < -0.39 is 0 Å². The molecule has 0 fully saturated rings. The molecule has 15 heavy (non-hydrogen) atoms. The maximum absolute atomic E-state index is 8.69. The van der Waals surface area contributed by atoms with E-state index in [1.54, 1.807) is 0 Å². The van der Waals surface area contributed by atoms with Crippen LogP contribution < -0.4 is 10.5 Å². The van der Waals surface area contributed by atoms with Crippen molar-refractivity contribution in [3.8, 4) is 5.75 Å². The summed E-state index contributed by atoms with van der Waals surface area (Å²) in [5, 5.41) is 8.69. The number of hydrogen-bond donors (Lipinski definition) is 2. The average molecular weight is 209 g/mol. The first kappa shape index (κ1) is 12.0. The zero-order valence-electron chi connectivity index (χ0n) is 9.36. The van der Waals surface area contributed by atoms with Crippen molar-refractivity contribution in [3.63, 3.8) is 0 Å². The molecule has 0 aliphatic carbocycles. The molecule has 0 amide bonds. The van der Waals surface area contributed by atoms with Crippen LogP contribution in [0.4, 0.5) is 0 Å². The standard InChI is InChI=1S/C12H19NO2/c1-9-5-10(2)7-12(6-9)15-8-11(13)3-4-14/h5-7,11,14H,3-4,8,13H2,1-2H3. The van der Waals surface area contributed by atoms with Crippen molar-refractivity contribution < 1.29 is 9.84 Å². The molecule has 1 unspecified atom stereocenters. The molecule has 0 aliphatic heterocycles. The minimum atomic E-state index is -0.101. The van der Waals surface area contributed by atoms with Gasteiger partial charge in [0.2, 0.25) is 0 Å². The van der Waals surface area contributed by atoms with Crippen molar-refractivity contribution in [2.45, 2.75) is 26.3 Å². The quantitative estimate of drug-likeness (QED) is 0.770. The van der Waals surface area contributed by atoms with Crippen molar-refractivity contribution in [3.05, 3.63) is 29.3 Å². The molecule has 1 aromatic rings. The Hall–Kier alpha value is -1.06. The zero-order chi connectivity index (χ0) is 11.3. The summed E-state index contributed by atoms with van der Waals surface area (Å²) in [4.78, 5) is 0. The maximum Gasteiger partial charge on any atom is 0.119 e. The average Bonchev–Trinajstić information content (AvgIpc) is 2.14. The third kappa shape index (κ3) is 4.32. The number of aliphatic hydroxyl groups is 1. The molecule has 0 spiro atoms. The van der Waals surface area contributed by atoms with Gasteiger partial charge in [0.25, 0.3) is 0 Å². The summed E-state index contributed by atoms with van der Waals surface area (Å²) in [5.74, 6) is 0.848. The van der Waals surface area contributed by atoms with Gasteiger partial charge in [0, 0.05) is 12.6 Å². The van der Waals surface area contributed by atoms with Gasteiger partial charge in [-0.25, -0.2) is 0 Å². The molecule has 0 saturated heterocycles. The van der Waals surface area contributed by atoms with Crippen molar-refractivity contribution >= 4 is 0 Å². The van der Waals surface area contributed by atoms with Gasteiger partial charge in [-0.3, -0.25) is 0 Å². The number of rotatable bonds is 5. The monoisotopic (exact) mass is 209 g/mol. The van der Waals surface area contributed by atoms with Gasteiger partial charge in [0.15, 0.2) is 0 Å². The molecule has 0 heterocycles. The van der Waals surface area contributed by atoms with E-state index in [1.165, 1.54) is 11.1 Å². The molecule has 84 valence electrons. The fraction of sp³-hybridized carbons (Fsp3) is 0.500. The van der Waals surface area contributed by atoms with E-state index in [9.17, 15) is 0 Å². The van der Waals surface area contributed by atoms with Crippen molar-refractivity contribution in [2.75, 3.05) is 13.2 Å². The molecule has 1 aromatic carbocycles. The zero-order valence-corrected chi connectivity index (χ0v) is 9.36. The van der Waals surface area contributed by atoms with Gasteiger partial charge in [-0.2, -0.15) is 0 Å². The molecule has 1 rings (SSSR count). The van der Waals surface area contributed by atoms with Crippen LogP contribution >= 0.6 is 0 Å². The van der Waals surface area contributed by atoms with Crippen LogP contribution in [-0.4, -0.2) is 24.4 Å². The van der Waals surface area contributed by atoms with Gasteiger partial charge in [0.05, 0.1) is 0 Å². The predicted octanol–water partition coefficient (Wildman–Crippen LogP) is 1.39. The second-order valence-electron chi connectivity index (χ2n) is 3.91. The van der Waals surface area contributed by atoms with Crippen LogP contribution in [0.15, 0.2) is 18.2 Å². The summed E-state index contributed by atoms with van der Waals surface area (Å²) in [6, 6.07) is 5.97. The Morgan fingerprint density at radius 2 is 1.87 bits per heavy atom. The second kappa shape index (κ2) is 5.73.